The largest absolute Gasteiger partial charge is 0.389 e. The summed E-state index contributed by atoms with van der Waals surface area (Å²) in [6, 6.07) is 16.5. The van der Waals surface area contributed by atoms with E-state index in [2.05, 4.69) is 40.2 Å². The first kappa shape index (κ1) is 11.9. The van der Waals surface area contributed by atoms with Crippen molar-refractivity contribution < 1.29 is 5.11 Å². The van der Waals surface area contributed by atoms with Crippen LogP contribution >= 0.6 is 15.9 Å². The lowest BCUT2D eigenvalue weighted by Gasteiger charge is -2.22. The number of aliphatic hydroxyl groups is 1. The first-order valence-electron chi connectivity index (χ1n) is 6.18. The molecule has 0 aliphatic heterocycles. The zero-order valence-electron chi connectivity index (χ0n) is 10.1. The molecule has 0 saturated carbocycles. The van der Waals surface area contributed by atoms with Crippen LogP contribution in [0.4, 0.5) is 0 Å². The summed E-state index contributed by atoms with van der Waals surface area (Å²) in [5, 5.41) is 10.7. The van der Waals surface area contributed by atoms with Crippen molar-refractivity contribution in [2.45, 2.75) is 24.9 Å². The summed E-state index contributed by atoms with van der Waals surface area (Å²) in [7, 11) is 0. The van der Waals surface area contributed by atoms with Crippen LogP contribution in [0.2, 0.25) is 0 Å². The van der Waals surface area contributed by atoms with Crippen molar-refractivity contribution in [3.63, 3.8) is 0 Å². The molecule has 2 heteroatoms. The van der Waals surface area contributed by atoms with Crippen LogP contribution in [0.5, 0.6) is 0 Å². The Balaban J connectivity index is 1.83. The molecule has 2 aromatic carbocycles. The molecule has 0 radical (unpaired) electrons. The molecule has 0 heterocycles. The Morgan fingerprint density at radius 2 is 1.67 bits per heavy atom. The van der Waals surface area contributed by atoms with Crippen molar-refractivity contribution >= 4 is 15.9 Å². The predicted octanol–water partition coefficient (Wildman–Crippen LogP) is 3.52. The van der Waals surface area contributed by atoms with Crippen LogP contribution in [-0.2, 0) is 19.3 Å². The average Bonchev–Trinajstić information content (AvgIpc) is 2.64. The molecule has 0 amide bonds. The lowest BCUT2D eigenvalue weighted by molar-refractivity contribution is 0.0518. The fraction of sp³-hybridized carbons (Fsp3) is 0.250. The Hall–Kier alpha value is -1.12. The smallest absolute Gasteiger partial charge is 0.0768 e. The van der Waals surface area contributed by atoms with Crippen molar-refractivity contribution in [1.82, 2.24) is 0 Å². The van der Waals surface area contributed by atoms with E-state index >= 15 is 0 Å². The van der Waals surface area contributed by atoms with Gasteiger partial charge in [0.1, 0.15) is 0 Å². The molecule has 0 spiro atoms. The summed E-state index contributed by atoms with van der Waals surface area (Å²) < 4.78 is 1.07. The first-order chi connectivity index (χ1) is 8.65. The average molecular weight is 303 g/mol. The molecule has 0 atom stereocenters. The van der Waals surface area contributed by atoms with Gasteiger partial charge < -0.3 is 5.11 Å². The van der Waals surface area contributed by atoms with E-state index in [0.717, 1.165) is 17.3 Å². The Morgan fingerprint density at radius 1 is 1.00 bits per heavy atom. The topological polar surface area (TPSA) is 20.2 Å². The molecular weight excluding hydrogens is 288 g/mol. The number of benzene rings is 2. The van der Waals surface area contributed by atoms with Crippen LogP contribution in [0.15, 0.2) is 53.0 Å². The van der Waals surface area contributed by atoms with Gasteiger partial charge in [-0.05, 0) is 28.8 Å². The summed E-state index contributed by atoms with van der Waals surface area (Å²) in [6.07, 6.45) is 2.23. The van der Waals surface area contributed by atoms with Gasteiger partial charge in [0.15, 0.2) is 0 Å². The van der Waals surface area contributed by atoms with Crippen molar-refractivity contribution in [3.05, 3.63) is 69.7 Å². The molecule has 0 bridgehead atoms. The fourth-order valence-electron chi connectivity index (χ4n) is 2.83. The van der Waals surface area contributed by atoms with Gasteiger partial charge in [0.05, 0.1) is 5.60 Å². The Morgan fingerprint density at radius 3 is 2.28 bits per heavy atom. The summed E-state index contributed by atoms with van der Waals surface area (Å²) in [5.41, 5.74) is 3.13. The molecule has 1 aliphatic rings. The zero-order chi connectivity index (χ0) is 12.6. The van der Waals surface area contributed by atoms with E-state index in [-0.39, 0.29) is 0 Å². The van der Waals surface area contributed by atoms with Gasteiger partial charge in [0.25, 0.3) is 0 Å². The fourth-order valence-corrected chi connectivity index (χ4v) is 3.27. The lowest BCUT2D eigenvalue weighted by atomic mass is 9.92. The molecule has 0 unspecified atom stereocenters. The predicted molar refractivity (Wildman–Crippen MR) is 76.6 cm³/mol. The molecule has 92 valence electrons. The highest BCUT2D eigenvalue weighted by Gasteiger charge is 2.34. The van der Waals surface area contributed by atoms with Gasteiger partial charge in [-0.1, -0.05) is 52.3 Å². The zero-order valence-corrected chi connectivity index (χ0v) is 11.7. The maximum atomic E-state index is 10.7. The van der Waals surface area contributed by atoms with E-state index in [1.165, 1.54) is 16.7 Å². The molecular formula is C16H15BrO. The van der Waals surface area contributed by atoms with Gasteiger partial charge in [-0.15, -0.1) is 0 Å². The number of halogens is 1. The van der Waals surface area contributed by atoms with Crippen LogP contribution in [-0.4, -0.2) is 10.7 Å². The highest BCUT2D eigenvalue weighted by Crippen LogP contribution is 2.32. The molecule has 3 rings (SSSR count). The second-order valence-corrected chi connectivity index (χ2v) is 6.07. The maximum Gasteiger partial charge on any atom is 0.0768 e. The summed E-state index contributed by atoms with van der Waals surface area (Å²) >= 11 is 3.48. The first-order valence-corrected chi connectivity index (χ1v) is 6.98. The Bertz CT molecular complexity index is 552. The minimum absolute atomic E-state index is 0.621. The molecule has 0 saturated heterocycles. The quantitative estimate of drug-likeness (QED) is 0.900. The van der Waals surface area contributed by atoms with Crippen molar-refractivity contribution in [2.24, 2.45) is 0 Å². The lowest BCUT2D eigenvalue weighted by Crippen LogP contribution is -2.32. The van der Waals surface area contributed by atoms with Crippen molar-refractivity contribution in [2.75, 3.05) is 0 Å². The summed E-state index contributed by atoms with van der Waals surface area (Å²) in [6.45, 7) is 0. The second-order valence-electron chi connectivity index (χ2n) is 5.15. The van der Waals surface area contributed by atoms with Gasteiger partial charge in [-0.3, -0.25) is 0 Å². The van der Waals surface area contributed by atoms with E-state index in [9.17, 15) is 5.11 Å². The van der Waals surface area contributed by atoms with Crippen LogP contribution in [0.1, 0.15) is 16.7 Å². The third kappa shape index (κ3) is 2.36. The highest BCUT2D eigenvalue weighted by atomic mass is 79.9. The Kier molecular flexibility index (Phi) is 3.00. The van der Waals surface area contributed by atoms with Crippen LogP contribution in [0, 0.1) is 0 Å². The summed E-state index contributed by atoms with van der Waals surface area (Å²) in [4.78, 5) is 0. The number of rotatable bonds is 2. The van der Waals surface area contributed by atoms with Crippen LogP contribution < -0.4 is 0 Å². The van der Waals surface area contributed by atoms with Gasteiger partial charge in [0, 0.05) is 23.7 Å². The molecule has 0 fully saturated rings. The Labute approximate surface area is 116 Å². The third-order valence-corrected chi connectivity index (χ3v) is 4.07. The van der Waals surface area contributed by atoms with Crippen LogP contribution in [0.3, 0.4) is 0 Å². The van der Waals surface area contributed by atoms with E-state index in [0.29, 0.717) is 6.42 Å². The summed E-state index contributed by atoms with van der Waals surface area (Å²) in [5.74, 6) is 0. The van der Waals surface area contributed by atoms with Crippen molar-refractivity contribution in [3.8, 4) is 0 Å². The third-order valence-electron chi connectivity index (χ3n) is 3.58. The maximum absolute atomic E-state index is 10.7. The molecule has 18 heavy (non-hydrogen) atoms. The monoisotopic (exact) mass is 302 g/mol. The van der Waals surface area contributed by atoms with Crippen molar-refractivity contribution in [1.29, 1.82) is 0 Å². The molecule has 1 N–H and O–H groups in total. The highest BCUT2D eigenvalue weighted by molar-refractivity contribution is 9.10. The number of fused-ring (bicyclic) bond motifs is 1. The van der Waals surface area contributed by atoms with Crippen LogP contribution in [0.25, 0.3) is 0 Å². The SMILES string of the molecule is OC1(Cc2cccc(Br)c2)Cc2ccccc2C1. The standard InChI is InChI=1S/C16H15BrO/c17-15-7-3-4-12(8-15)9-16(18)10-13-5-1-2-6-14(13)11-16/h1-8,18H,9-11H2. The number of hydrogen-bond donors (Lipinski definition) is 1. The molecule has 2 aromatic rings. The number of hydrogen-bond acceptors (Lipinski definition) is 1. The van der Waals surface area contributed by atoms with E-state index in [4.69, 9.17) is 0 Å². The normalized spacial score (nSPS) is 16.6. The van der Waals surface area contributed by atoms with Gasteiger partial charge in [-0.25, -0.2) is 0 Å². The van der Waals surface area contributed by atoms with E-state index < -0.39 is 5.60 Å². The molecule has 1 nitrogen and oxygen atoms in total. The molecule has 0 aromatic heterocycles. The minimum atomic E-state index is -0.621. The molecule has 1 aliphatic carbocycles. The van der Waals surface area contributed by atoms with Gasteiger partial charge >= 0.3 is 0 Å². The minimum Gasteiger partial charge on any atom is -0.389 e. The second kappa shape index (κ2) is 4.52. The van der Waals surface area contributed by atoms with E-state index in [1.54, 1.807) is 0 Å². The van der Waals surface area contributed by atoms with E-state index in [1.807, 2.05) is 24.3 Å². The van der Waals surface area contributed by atoms with Gasteiger partial charge in [0.2, 0.25) is 0 Å². The van der Waals surface area contributed by atoms with Gasteiger partial charge in [-0.2, -0.15) is 0 Å².